The molecule has 8 heteroatoms. The number of nitrogen functional groups attached to an aromatic ring is 1. The van der Waals surface area contributed by atoms with Gasteiger partial charge in [0.2, 0.25) is 5.91 Å². The average molecular weight is 320 g/mol. The number of nitrogens with zero attached hydrogens (tertiary/aromatic N) is 1. The summed E-state index contributed by atoms with van der Waals surface area (Å²) in [6.07, 6.45) is 0.332. The minimum atomic E-state index is -0.0199. The first-order valence-corrected chi connectivity index (χ1v) is 7.02. The number of nitrogens with two attached hydrogens (primary N) is 1. The fourth-order valence-corrected chi connectivity index (χ4v) is 1.87. The van der Waals surface area contributed by atoms with Crippen LogP contribution in [0.2, 0.25) is 10.0 Å². The Bertz CT molecular complexity index is 467. The maximum Gasteiger partial charge on any atom is 0.221 e. The fraction of sp³-hybridized carbons (Fsp3) is 0.500. The first-order valence-electron chi connectivity index (χ1n) is 6.27. The van der Waals surface area contributed by atoms with Gasteiger partial charge in [-0.3, -0.25) is 4.79 Å². The summed E-state index contributed by atoms with van der Waals surface area (Å²) in [4.78, 5) is 15.7. The van der Waals surface area contributed by atoms with Crippen LogP contribution in [0.3, 0.4) is 0 Å². The molecule has 20 heavy (non-hydrogen) atoms. The van der Waals surface area contributed by atoms with Crippen molar-refractivity contribution in [2.45, 2.75) is 20.3 Å². The maximum absolute atomic E-state index is 11.5. The summed E-state index contributed by atoms with van der Waals surface area (Å²) in [5, 5.41) is 6.51. The van der Waals surface area contributed by atoms with Crippen molar-refractivity contribution in [3.05, 3.63) is 16.1 Å². The molecule has 0 aromatic carbocycles. The molecular weight excluding hydrogens is 301 g/mol. The van der Waals surface area contributed by atoms with Gasteiger partial charge in [0.1, 0.15) is 5.82 Å². The van der Waals surface area contributed by atoms with Crippen molar-refractivity contribution in [2.24, 2.45) is 11.8 Å². The number of anilines is 2. The molecule has 1 aromatic rings. The normalized spacial score (nSPS) is 10.5. The molecule has 1 rings (SSSR count). The Kier molecular flexibility index (Phi) is 6.84. The number of rotatable bonds is 7. The molecule has 0 aliphatic rings. The third kappa shape index (κ3) is 5.40. The lowest BCUT2D eigenvalue weighted by Gasteiger charge is -2.11. The van der Waals surface area contributed by atoms with Crippen LogP contribution in [0.5, 0.6) is 0 Å². The molecule has 0 unspecified atom stereocenters. The maximum atomic E-state index is 11.5. The molecule has 0 fully saturated rings. The number of pyridine rings is 1. The van der Waals surface area contributed by atoms with Gasteiger partial charge in [-0.25, -0.2) is 10.8 Å². The van der Waals surface area contributed by atoms with Crippen LogP contribution in [0.1, 0.15) is 20.3 Å². The molecule has 0 radical (unpaired) electrons. The molecule has 0 spiro atoms. The largest absolute Gasteiger partial charge is 0.368 e. The summed E-state index contributed by atoms with van der Waals surface area (Å²) < 4.78 is 0. The standard InChI is InChI=1S/C12H19Cl2N5O/c1-7(2)6-17-10(20)3-4-16-11-8(13)5-9(14)12(18-11)19-15/h5,7H,3-4,6,15H2,1-2H3,(H,17,20)(H2,16,18,19). The highest BCUT2D eigenvalue weighted by Crippen LogP contribution is 2.28. The second-order valence-electron chi connectivity index (χ2n) is 4.67. The van der Waals surface area contributed by atoms with Gasteiger partial charge in [0.15, 0.2) is 5.82 Å². The molecule has 6 nitrogen and oxygen atoms in total. The van der Waals surface area contributed by atoms with E-state index in [0.717, 1.165) is 0 Å². The molecule has 1 heterocycles. The molecule has 1 amide bonds. The first-order chi connectivity index (χ1) is 9.43. The number of amides is 1. The van der Waals surface area contributed by atoms with E-state index in [2.05, 4.69) is 21.0 Å². The summed E-state index contributed by atoms with van der Waals surface area (Å²) in [5.74, 6) is 6.44. The zero-order valence-electron chi connectivity index (χ0n) is 11.5. The highest BCUT2D eigenvalue weighted by atomic mass is 35.5. The number of nitrogens with one attached hydrogen (secondary N) is 3. The van der Waals surface area contributed by atoms with E-state index < -0.39 is 0 Å². The zero-order valence-corrected chi connectivity index (χ0v) is 13.0. The van der Waals surface area contributed by atoms with Crippen molar-refractivity contribution in [1.82, 2.24) is 10.3 Å². The van der Waals surface area contributed by atoms with E-state index in [1.54, 1.807) is 0 Å². The average Bonchev–Trinajstić information content (AvgIpc) is 2.39. The predicted molar refractivity (Wildman–Crippen MR) is 83.0 cm³/mol. The summed E-state index contributed by atoms with van der Waals surface area (Å²) in [6, 6.07) is 1.53. The van der Waals surface area contributed by atoms with Crippen molar-refractivity contribution >= 4 is 40.7 Å². The van der Waals surface area contributed by atoms with Crippen LogP contribution in [0.25, 0.3) is 0 Å². The Balaban J connectivity index is 2.48. The lowest BCUT2D eigenvalue weighted by atomic mass is 10.2. The highest BCUT2D eigenvalue weighted by molar-refractivity contribution is 6.37. The summed E-state index contributed by atoms with van der Waals surface area (Å²) in [6.45, 7) is 5.16. The minimum absolute atomic E-state index is 0.0199. The molecule has 0 aliphatic carbocycles. The second kappa shape index (κ2) is 8.14. The second-order valence-corrected chi connectivity index (χ2v) is 5.48. The lowest BCUT2D eigenvalue weighted by Crippen LogP contribution is -2.28. The highest BCUT2D eigenvalue weighted by Gasteiger charge is 2.09. The SMILES string of the molecule is CC(C)CNC(=O)CCNc1nc(NN)c(Cl)cc1Cl. The van der Waals surface area contributed by atoms with Crippen molar-refractivity contribution in [3.8, 4) is 0 Å². The third-order valence-corrected chi connectivity index (χ3v) is 2.99. The Morgan fingerprint density at radius 3 is 2.60 bits per heavy atom. The van der Waals surface area contributed by atoms with E-state index in [4.69, 9.17) is 29.0 Å². The van der Waals surface area contributed by atoms with Crippen LogP contribution in [0.4, 0.5) is 11.6 Å². The number of carbonyl (C=O) groups is 1. The van der Waals surface area contributed by atoms with Crippen LogP contribution in [-0.2, 0) is 4.79 Å². The van der Waals surface area contributed by atoms with Crippen LogP contribution in [-0.4, -0.2) is 24.0 Å². The number of hydrogen-bond donors (Lipinski definition) is 4. The molecular formula is C12H19Cl2N5O. The van der Waals surface area contributed by atoms with E-state index in [0.29, 0.717) is 47.1 Å². The Morgan fingerprint density at radius 2 is 2.00 bits per heavy atom. The van der Waals surface area contributed by atoms with Gasteiger partial charge in [-0.2, -0.15) is 0 Å². The number of hydrogen-bond acceptors (Lipinski definition) is 5. The lowest BCUT2D eigenvalue weighted by molar-refractivity contribution is -0.120. The van der Waals surface area contributed by atoms with E-state index in [1.807, 2.05) is 13.8 Å². The summed E-state index contributed by atoms with van der Waals surface area (Å²) >= 11 is 11.9. The Labute approximate surface area is 128 Å². The number of aromatic nitrogens is 1. The zero-order chi connectivity index (χ0) is 15.1. The van der Waals surface area contributed by atoms with Gasteiger partial charge < -0.3 is 16.1 Å². The van der Waals surface area contributed by atoms with Crippen molar-refractivity contribution < 1.29 is 4.79 Å². The van der Waals surface area contributed by atoms with Crippen LogP contribution in [0, 0.1) is 5.92 Å². The van der Waals surface area contributed by atoms with Gasteiger partial charge in [0, 0.05) is 19.5 Å². The summed E-state index contributed by atoms with van der Waals surface area (Å²) in [7, 11) is 0. The number of halogens is 2. The molecule has 0 aliphatic heterocycles. The van der Waals surface area contributed by atoms with Crippen LogP contribution < -0.4 is 21.9 Å². The van der Waals surface area contributed by atoms with Gasteiger partial charge in [-0.15, -0.1) is 0 Å². The van der Waals surface area contributed by atoms with Gasteiger partial charge in [-0.05, 0) is 12.0 Å². The Hall–Kier alpha value is -1.24. The molecule has 0 atom stereocenters. The minimum Gasteiger partial charge on any atom is -0.368 e. The van der Waals surface area contributed by atoms with Crippen molar-refractivity contribution in [2.75, 3.05) is 23.8 Å². The number of carbonyl (C=O) groups excluding carboxylic acids is 1. The van der Waals surface area contributed by atoms with Crippen molar-refractivity contribution in [1.29, 1.82) is 0 Å². The Morgan fingerprint density at radius 1 is 1.35 bits per heavy atom. The van der Waals surface area contributed by atoms with Crippen LogP contribution >= 0.6 is 23.2 Å². The quantitative estimate of drug-likeness (QED) is 0.457. The molecule has 5 N–H and O–H groups in total. The van der Waals surface area contributed by atoms with E-state index in [1.165, 1.54) is 6.07 Å². The number of hydrazine groups is 1. The molecule has 1 aromatic heterocycles. The van der Waals surface area contributed by atoms with Gasteiger partial charge >= 0.3 is 0 Å². The smallest absolute Gasteiger partial charge is 0.221 e. The molecule has 0 saturated heterocycles. The predicted octanol–water partition coefficient (Wildman–Crippen LogP) is 2.25. The molecule has 0 bridgehead atoms. The third-order valence-electron chi connectivity index (χ3n) is 2.42. The van der Waals surface area contributed by atoms with E-state index in [-0.39, 0.29) is 5.91 Å². The monoisotopic (exact) mass is 319 g/mol. The van der Waals surface area contributed by atoms with Crippen LogP contribution in [0.15, 0.2) is 6.07 Å². The molecule has 0 saturated carbocycles. The van der Waals surface area contributed by atoms with Gasteiger partial charge in [0.05, 0.1) is 10.0 Å². The van der Waals surface area contributed by atoms with Gasteiger partial charge in [0.25, 0.3) is 0 Å². The fourth-order valence-electron chi connectivity index (χ4n) is 1.39. The topological polar surface area (TPSA) is 92.1 Å². The van der Waals surface area contributed by atoms with E-state index in [9.17, 15) is 4.79 Å². The van der Waals surface area contributed by atoms with Gasteiger partial charge in [-0.1, -0.05) is 37.0 Å². The van der Waals surface area contributed by atoms with E-state index >= 15 is 0 Å². The van der Waals surface area contributed by atoms with Crippen molar-refractivity contribution in [3.63, 3.8) is 0 Å². The summed E-state index contributed by atoms with van der Waals surface area (Å²) in [5.41, 5.74) is 2.37. The molecule has 112 valence electrons. The first kappa shape index (κ1) is 16.8.